The fourth-order valence-electron chi connectivity index (χ4n) is 2.69. The zero-order valence-electron chi connectivity index (χ0n) is 14.3. The van der Waals surface area contributed by atoms with Crippen LogP contribution < -0.4 is 16.4 Å². The molecule has 26 heavy (non-hydrogen) atoms. The molecule has 134 valence electrons. The summed E-state index contributed by atoms with van der Waals surface area (Å²) in [5.41, 5.74) is 7.94. The van der Waals surface area contributed by atoms with Gasteiger partial charge in [0.05, 0.1) is 22.0 Å². The minimum atomic E-state index is -0.204. The second-order valence-corrected chi connectivity index (χ2v) is 5.92. The number of nitrogens with one attached hydrogen (secondary N) is 4. The number of hydrogen-bond donors (Lipinski definition) is 5. The molecule has 6 N–H and O–H groups in total. The number of carbonyl (C=O) groups excluding carboxylic acids is 1. The molecular weight excluding hydrogens is 354 g/mol. The van der Waals surface area contributed by atoms with E-state index in [9.17, 15) is 4.79 Å². The predicted molar refractivity (Wildman–Crippen MR) is 103 cm³/mol. The number of nitrogens with two attached hydrogens (primary N) is 1. The van der Waals surface area contributed by atoms with Crippen LogP contribution in [0.3, 0.4) is 0 Å². The summed E-state index contributed by atoms with van der Waals surface area (Å²) in [6.07, 6.45) is 1.34. The third-order valence-electron chi connectivity index (χ3n) is 3.95. The summed E-state index contributed by atoms with van der Waals surface area (Å²) in [4.78, 5) is 23.1. The summed E-state index contributed by atoms with van der Waals surface area (Å²) in [5, 5.41) is 15.3. The first-order chi connectivity index (χ1) is 12.5. The monoisotopic (exact) mass is 371 g/mol. The van der Waals surface area contributed by atoms with Gasteiger partial charge in [-0.2, -0.15) is 0 Å². The molecule has 0 fully saturated rings. The molecule has 0 unspecified atom stereocenters. The van der Waals surface area contributed by atoms with Crippen molar-refractivity contribution in [1.82, 2.24) is 20.3 Å². The third kappa shape index (κ3) is 2.95. The fraction of sp³-hybridized carbons (Fsp3) is 0.176. The van der Waals surface area contributed by atoms with E-state index in [2.05, 4.69) is 25.6 Å². The number of anilines is 2. The molecule has 3 rings (SSSR count). The third-order valence-corrected chi connectivity index (χ3v) is 4.34. The van der Waals surface area contributed by atoms with Gasteiger partial charge in [-0.15, -0.1) is 0 Å². The van der Waals surface area contributed by atoms with Gasteiger partial charge in [-0.3, -0.25) is 10.2 Å². The highest BCUT2D eigenvalue weighted by molar-refractivity contribution is 6.40. The SMILES string of the molecule is CCNc1ncnc(N)c1C(=N)c1[nH]c2cc(C(=O)NC)ccc2c1Cl. The van der Waals surface area contributed by atoms with Gasteiger partial charge < -0.3 is 21.4 Å². The van der Waals surface area contributed by atoms with Crippen LogP contribution in [0.4, 0.5) is 11.6 Å². The zero-order chi connectivity index (χ0) is 18.8. The lowest BCUT2D eigenvalue weighted by molar-refractivity contribution is 0.0963. The Balaban J connectivity index is 2.13. The summed E-state index contributed by atoms with van der Waals surface area (Å²) in [5.74, 6) is 0.442. The number of benzene rings is 1. The molecule has 0 aliphatic carbocycles. The van der Waals surface area contributed by atoms with Crippen LogP contribution in [0.15, 0.2) is 24.5 Å². The first kappa shape index (κ1) is 17.7. The first-order valence-electron chi connectivity index (χ1n) is 7.94. The maximum atomic E-state index is 11.8. The van der Waals surface area contributed by atoms with E-state index in [0.717, 1.165) is 0 Å². The Morgan fingerprint density at radius 3 is 2.85 bits per heavy atom. The van der Waals surface area contributed by atoms with Crippen molar-refractivity contribution < 1.29 is 4.79 Å². The van der Waals surface area contributed by atoms with Crippen molar-refractivity contribution in [1.29, 1.82) is 5.41 Å². The molecule has 0 aliphatic rings. The van der Waals surface area contributed by atoms with E-state index in [1.807, 2.05) is 6.92 Å². The molecule has 2 aromatic heterocycles. The molecule has 0 saturated carbocycles. The Morgan fingerprint density at radius 1 is 1.38 bits per heavy atom. The van der Waals surface area contributed by atoms with E-state index < -0.39 is 0 Å². The number of rotatable bonds is 5. The van der Waals surface area contributed by atoms with Crippen molar-refractivity contribution in [2.24, 2.45) is 0 Å². The molecule has 0 aliphatic heterocycles. The van der Waals surface area contributed by atoms with Crippen LogP contribution in [0.2, 0.25) is 5.02 Å². The largest absolute Gasteiger partial charge is 0.383 e. The second-order valence-electron chi connectivity index (χ2n) is 5.54. The highest BCUT2D eigenvalue weighted by Crippen LogP contribution is 2.31. The molecule has 0 saturated heterocycles. The van der Waals surface area contributed by atoms with Gasteiger partial charge in [0.2, 0.25) is 0 Å². The van der Waals surface area contributed by atoms with Crippen LogP contribution in [0.25, 0.3) is 10.9 Å². The fourth-order valence-corrected chi connectivity index (χ4v) is 3.00. The zero-order valence-corrected chi connectivity index (χ0v) is 15.0. The van der Waals surface area contributed by atoms with Crippen molar-refractivity contribution in [2.45, 2.75) is 6.92 Å². The number of nitrogens with zero attached hydrogens (tertiary/aromatic N) is 2. The Kier molecular flexibility index (Phi) is 4.77. The summed E-state index contributed by atoms with van der Waals surface area (Å²) in [6, 6.07) is 5.11. The van der Waals surface area contributed by atoms with Crippen LogP contribution in [0.5, 0.6) is 0 Å². The van der Waals surface area contributed by atoms with Gasteiger partial charge in [-0.05, 0) is 19.1 Å². The van der Waals surface area contributed by atoms with Gasteiger partial charge in [0.15, 0.2) is 0 Å². The van der Waals surface area contributed by atoms with Gasteiger partial charge in [0.25, 0.3) is 5.91 Å². The minimum Gasteiger partial charge on any atom is -0.383 e. The van der Waals surface area contributed by atoms with Crippen molar-refractivity contribution in [3.63, 3.8) is 0 Å². The van der Waals surface area contributed by atoms with Gasteiger partial charge in [0, 0.05) is 30.1 Å². The molecule has 1 aromatic carbocycles. The topological polar surface area (TPSA) is 133 Å². The van der Waals surface area contributed by atoms with Crippen molar-refractivity contribution >= 4 is 45.8 Å². The van der Waals surface area contributed by atoms with E-state index >= 15 is 0 Å². The summed E-state index contributed by atoms with van der Waals surface area (Å²) >= 11 is 6.47. The molecule has 3 aromatic rings. The van der Waals surface area contributed by atoms with E-state index in [-0.39, 0.29) is 17.4 Å². The maximum Gasteiger partial charge on any atom is 0.251 e. The molecule has 9 heteroatoms. The maximum absolute atomic E-state index is 11.8. The lowest BCUT2D eigenvalue weighted by atomic mass is 10.1. The summed E-state index contributed by atoms with van der Waals surface area (Å²) in [6.45, 7) is 2.54. The Morgan fingerprint density at radius 2 is 2.15 bits per heavy atom. The molecule has 2 heterocycles. The normalized spacial score (nSPS) is 10.7. The number of fused-ring (bicyclic) bond motifs is 1. The number of nitrogen functional groups attached to an aromatic ring is 1. The standard InChI is InChI=1S/C17H18ClN7O/c1-3-22-16-11(15(20)23-7-24-16)13(19)14-12(18)9-5-4-8(17(26)21-2)6-10(9)25-14/h4-7,19,25H,3H2,1-2H3,(H,21,26)(H3,20,22,23,24). The average Bonchev–Trinajstić information content (AvgIpc) is 2.97. The number of aromatic nitrogens is 3. The van der Waals surface area contributed by atoms with Crippen LogP contribution in [-0.4, -0.2) is 40.2 Å². The lowest BCUT2D eigenvalue weighted by Crippen LogP contribution is -2.17. The second kappa shape index (κ2) is 7.01. The van der Waals surface area contributed by atoms with Gasteiger partial charge in [-0.25, -0.2) is 9.97 Å². The van der Waals surface area contributed by atoms with E-state index in [1.54, 1.807) is 25.2 Å². The number of halogens is 1. The summed E-state index contributed by atoms with van der Waals surface area (Å²) in [7, 11) is 1.57. The van der Waals surface area contributed by atoms with Crippen LogP contribution in [-0.2, 0) is 0 Å². The highest BCUT2D eigenvalue weighted by Gasteiger charge is 2.21. The van der Waals surface area contributed by atoms with E-state index in [0.29, 0.717) is 45.1 Å². The van der Waals surface area contributed by atoms with Crippen molar-refractivity contribution in [2.75, 3.05) is 24.6 Å². The number of aromatic amines is 1. The Hall–Kier alpha value is -3.13. The lowest BCUT2D eigenvalue weighted by Gasteiger charge is -2.11. The quantitative estimate of drug-likeness (QED) is 0.439. The number of hydrogen-bond acceptors (Lipinski definition) is 6. The van der Waals surface area contributed by atoms with E-state index in [1.165, 1.54) is 6.33 Å². The molecule has 1 amide bonds. The molecule has 0 atom stereocenters. The van der Waals surface area contributed by atoms with Crippen LogP contribution in [0.1, 0.15) is 28.5 Å². The number of H-pyrrole nitrogens is 1. The smallest absolute Gasteiger partial charge is 0.251 e. The van der Waals surface area contributed by atoms with Crippen molar-refractivity contribution in [3.8, 4) is 0 Å². The Bertz CT molecular complexity index is 1010. The van der Waals surface area contributed by atoms with E-state index in [4.69, 9.17) is 22.7 Å². The predicted octanol–water partition coefficient (Wildman–Crippen LogP) is 2.40. The molecule has 0 spiro atoms. The van der Waals surface area contributed by atoms with Crippen LogP contribution in [0, 0.1) is 5.41 Å². The van der Waals surface area contributed by atoms with Gasteiger partial charge in [-0.1, -0.05) is 17.7 Å². The highest BCUT2D eigenvalue weighted by atomic mass is 35.5. The first-order valence-corrected chi connectivity index (χ1v) is 8.32. The average molecular weight is 372 g/mol. The van der Waals surface area contributed by atoms with Crippen LogP contribution >= 0.6 is 11.6 Å². The molecule has 0 radical (unpaired) electrons. The van der Waals surface area contributed by atoms with Gasteiger partial charge >= 0.3 is 0 Å². The summed E-state index contributed by atoms with van der Waals surface area (Å²) < 4.78 is 0. The molecule has 8 nitrogen and oxygen atoms in total. The number of amides is 1. The van der Waals surface area contributed by atoms with Gasteiger partial charge in [0.1, 0.15) is 18.0 Å². The Labute approximate surface area is 154 Å². The molecule has 0 bridgehead atoms. The molecular formula is C17H18ClN7O. The minimum absolute atomic E-state index is 0.0711. The number of carbonyl (C=O) groups is 1. The van der Waals surface area contributed by atoms with Crippen molar-refractivity contribution in [3.05, 3.63) is 46.4 Å².